The van der Waals surface area contributed by atoms with Gasteiger partial charge in [0.1, 0.15) is 6.10 Å². The van der Waals surface area contributed by atoms with Crippen LogP contribution in [0.25, 0.3) is 0 Å². The fourth-order valence-electron chi connectivity index (χ4n) is 1.81. The van der Waals surface area contributed by atoms with Gasteiger partial charge in [0.2, 0.25) is 0 Å². The van der Waals surface area contributed by atoms with Crippen molar-refractivity contribution in [2.75, 3.05) is 0 Å². The van der Waals surface area contributed by atoms with E-state index < -0.39 is 0 Å². The van der Waals surface area contributed by atoms with E-state index in [9.17, 15) is 4.79 Å². The predicted molar refractivity (Wildman–Crippen MR) is 66.5 cm³/mol. The smallest absolute Gasteiger partial charge is 0.293 e. The number of benzene rings is 2. The van der Waals surface area contributed by atoms with Gasteiger partial charge in [-0.25, -0.2) is 0 Å². The lowest BCUT2D eigenvalue weighted by molar-refractivity contribution is -0.133. The lowest BCUT2D eigenvalue weighted by atomic mass is 10.0. The van der Waals surface area contributed by atoms with Gasteiger partial charge in [0.25, 0.3) is 6.47 Å². The molecule has 0 radical (unpaired) electrons. The van der Waals surface area contributed by atoms with Gasteiger partial charge in [-0.15, -0.1) is 0 Å². The minimum Gasteiger partial charge on any atom is -0.459 e. The number of rotatable bonds is 5. The molecule has 0 bridgehead atoms. The molecular weight excluding hydrogens is 212 g/mol. The molecule has 0 saturated heterocycles. The van der Waals surface area contributed by atoms with Crippen LogP contribution >= 0.6 is 0 Å². The summed E-state index contributed by atoms with van der Waals surface area (Å²) in [7, 11) is 0. The van der Waals surface area contributed by atoms with Gasteiger partial charge in [0.15, 0.2) is 0 Å². The van der Waals surface area contributed by atoms with E-state index in [0.717, 1.165) is 11.1 Å². The number of ether oxygens (including phenoxy) is 1. The van der Waals surface area contributed by atoms with Crippen molar-refractivity contribution in [2.24, 2.45) is 0 Å². The SMILES string of the molecule is O=COC(Cc1ccccc1)c1ccccc1. The van der Waals surface area contributed by atoms with Crippen molar-refractivity contribution in [1.82, 2.24) is 0 Å². The monoisotopic (exact) mass is 226 g/mol. The van der Waals surface area contributed by atoms with Gasteiger partial charge in [-0.2, -0.15) is 0 Å². The highest BCUT2D eigenvalue weighted by atomic mass is 16.5. The summed E-state index contributed by atoms with van der Waals surface area (Å²) in [6, 6.07) is 19.8. The number of carbonyl (C=O) groups is 1. The summed E-state index contributed by atoms with van der Waals surface area (Å²) >= 11 is 0. The summed E-state index contributed by atoms with van der Waals surface area (Å²) in [5.74, 6) is 0. The van der Waals surface area contributed by atoms with E-state index in [1.165, 1.54) is 0 Å². The molecule has 0 aliphatic carbocycles. The van der Waals surface area contributed by atoms with Crippen LogP contribution < -0.4 is 0 Å². The Kier molecular flexibility index (Phi) is 3.92. The maximum atomic E-state index is 10.6. The number of hydrogen-bond acceptors (Lipinski definition) is 2. The number of hydrogen-bond donors (Lipinski definition) is 0. The molecule has 2 rings (SSSR count). The van der Waals surface area contributed by atoms with Gasteiger partial charge in [-0.3, -0.25) is 4.79 Å². The van der Waals surface area contributed by atoms with E-state index in [4.69, 9.17) is 4.74 Å². The first-order valence-electron chi connectivity index (χ1n) is 5.58. The van der Waals surface area contributed by atoms with Crippen molar-refractivity contribution in [3.05, 3.63) is 71.8 Å². The second-order valence-corrected chi connectivity index (χ2v) is 3.82. The van der Waals surface area contributed by atoms with Crippen LogP contribution in [0.5, 0.6) is 0 Å². The van der Waals surface area contributed by atoms with Crippen LogP contribution in [0.3, 0.4) is 0 Å². The third-order valence-corrected chi connectivity index (χ3v) is 2.66. The second kappa shape index (κ2) is 5.85. The summed E-state index contributed by atoms with van der Waals surface area (Å²) in [5.41, 5.74) is 2.17. The van der Waals surface area contributed by atoms with Gasteiger partial charge < -0.3 is 4.74 Å². The van der Waals surface area contributed by atoms with Crippen LogP contribution in [0.2, 0.25) is 0 Å². The lowest BCUT2D eigenvalue weighted by Gasteiger charge is -2.15. The molecule has 2 aromatic carbocycles. The van der Waals surface area contributed by atoms with Crippen molar-refractivity contribution in [2.45, 2.75) is 12.5 Å². The Morgan fingerprint density at radius 2 is 1.53 bits per heavy atom. The zero-order valence-electron chi connectivity index (χ0n) is 9.45. The first-order chi connectivity index (χ1) is 8.40. The highest BCUT2D eigenvalue weighted by molar-refractivity contribution is 5.39. The minimum absolute atomic E-state index is 0.212. The molecule has 0 aliphatic heterocycles. The van der Waals surface area contributed by atoms with E-state index in [-0.39, 0.29) is 6.10 Å². The minimum atomic E-state index is -0.212. The summed E-state index contributed by atoms with van der Waals surface area (Å²) in [5, 5.41) is 0. The summed E-state index contributed by atoms with van der Waals surface area (Å²) in [6.07, 6.45) is 0.486. The van der Waals surface area contributed by atoms with Gasteiger partial charge in [0, 0.05) is 6.42 Å². The fraction of sp³-hybridized carbons (Fsp3) is 0.133. The summed E-state index contributed by atoms with van der Waals surface area (Å²) in [6.45, 7) is 0.514. The zero-order valence-corrected chi connectivity index (χ0v) is 9.45. The molecule has 0 aliphatic rings. The van der Waals surface area contributed by atoms with Crippen LogP contribution in [0.4, 0.5) is 0 Å². The highest BCUT2D eigenvalue weighted by Gasteiger charge is 2.12. The van der Waals surface area contributed by atoms with Crippen molar-refractivity contribution in [3.8, 4) is 0 Å². The van der Waals surface area contributed by atoms with E-state index in [2.05, 4.69) is 0 Å². The van der Waals surface area contributed by atoms with Crippen LogP contribution in [0.1, 0.15) is 17.2 Å². The molecule has 0 fully saturated rings. The fourth-order valence-corrected chi connectivity index (χ4v) is 1.81. The largest absolute Gasteiger partial charge is 0.459 e. The normalized spacial score (nSPS) is 11.8. The lowest BCUT2D eigenvalue weighted by Crippen LogP contribution is -2.06. The third-order valence-electron chi connectivity index (χ3n) is 2.66. The first-order valence-corrected chi connectivity index (χ1v) is 5.58. The molecule has 1 atom stereocenters. The molecule has 17 heavy (non-hydrogen) atoms. The Bertz CT molecular complexity index is 451. The average molecular weight is 226 g/mol. The molecule has 86 valence electrons. The Morgan fingerprint density at radius 1 is 0.941 bits per heavy atom. The van der Waals surface area contributed by atoms with Gasteiger partial charge in [0.05, 0.1) is 0 Å². The second-order valence-electron chi connectivity index (χ2n) is 3.82. The van der Waals surface area contributed by atoms with Crippen LogP contribution in [0, 0.1) is 0 Å². The average Bonchev–Trinajstić information content (AvgIpc) is 2.40. The number of carbonyl (C=O) groups excluding carboxylic acids is 1. The quantitative estimate of drug-likeness (QED) is 0.732. The molecule has 0 amide bonds. The molecule has 0 N–H and O–H groups in total. The maximum absolute atomic E-state index is 10.6. The van der Waals surface area contributed by atoms with Crippen molar-refractivity contribution < 1.29 is 9.53 Å². The van der Waals surface area contributed by atoms with Gasteiger partial charge in [-0.1, -0.05) is 60.7 Å². The van der Waals surface area contributed by atoms with Crippen LogP contribution in [-0.2, 0) is 16.0 Å². The van der Waals surface area contributed by atoms with Gasteiger partial charge in [-0.05, 0) is 11.1 Å². The maximum Gasteiger partial charge on any atom is 0.293 e. The summed E-state index contributed by atoms with van der Waals surface area (Å²) in [4.78, 5) is 10.6. The molecular formula is C15H14O2. The molecule has 0 saturated carbocycles. The van der Waals surface area contributed by atoms with E-state index in [0.29, 0.717) is 12.9 Å². The Morgan fingerprint density at radius 3 is 2.12 bits per heavy atom. The van der Waals surface area contributed by atoms with Crippen LogP contribution in [0.15, 0.2) is 60.7 Å². The topological polar surface area (TPSA) is 26.3 Å². The molecule has 2 aromatic rings. The third kappa shape index (κ3) is 3.18. The molecule has 0 spiro atoms. The molecule has 0 aromatic heterocycles. The summed E-state index contributed by atoms with van der Waals surface area (Å²) < 4.78 is 5.15. The highest BCUT2D eigenvalue weighted by Crippen LogP contribution is 2.21. The van der Waals surface area contributed by atoms with E-state index in [1.807, 2.05) is 60.7 Å². The molecule has 2 nitrogen and oxygen atoms in total. The Labute approximate surface area is 101 Å². The molecule has 1 unspecified atom stereocenters. The molecule has 0 heterocycles. The van der Waals surface area contributed by atoms with Gasteiger partial charge >= 0.3 is 0 Å². The zero-order chi connectivity index (χ0) is 11.9. The van der Waals surface area contributed by atoms with Crippen molar-refractivity contribution >= 4 is 6.47 Å². The van der Waals surface area contributed by atoms with E-state index >= 15 is 0 Å². The Hall–Kier alpha value is -2.09. The van der Waals surface area contributed by atoms with Crippen molar-refractivity contribution in [1.29, 1.82) is 0 Å². The first kappa shape index (κ1) is 11.4. The van der Waals surface area contributed by atoms with Crippen LogP contribution in [-0.4, -0.2) is 6.47 Å². The molecule has 2 heteroatoms. The standard InChI is InChI=1S/C15H14O2/c16-12-17-15(14-9-5-2-6-10-14)11-13-7-3-1-4-8-13/h1-10,12,15H,11H2. The predicted octanol–water partition coefficient (Wildman–Crippen LogP) is 3.14. The van der Waals surface area contributed by atoms with Crippen molar-refractivity contribution in [3.63, 3.8) is 0 Å². The van der Waals surface area contributed by atoms with E-state index in [1.54, 1.807) is 0 Å². The Balaban J connectivity index is 2.16.